The maximum absolute atomic E-state index is 11.7. The van der Waals surface area contributed by atoms with Gasteiger partial charge >= 0.3 is 11.9 Å². The molecule has 0 atom stereocenters. The summed E-state index contributed by atoms with van der Waals surface area (Å²) in [7, 11) is 16.3. The molecule has 0 aromatic heterocycles. The summed E-state index contributed by atoms with van der Waals surface area (Å²) in [5.74, 6) is -0.479. The second-order valence-electron chi connectivity index (χ2n) is 10.2. The third kappa shape index (κ3) is 16.5. The van der Waals surface area contributed by atoms with E-state index in [4.69, 9.17) is 9.47 Å². The first-order valence-corrected chi connectivity index (χ1v) is 10.9. The molecule has 2 aliphatic rings. The molecule has 0 fully saturated rings. The van der Waals surface area contributed by atoms with Gasteiger partial charge in [0.1, 0.15) is 26.3 Å². The van der Waals surface area contributed by atoms with E-state index in [9.17, 15) is 9.59 Å². The van der Waals surface area contributed by atoms with Gasteiger partial charge in [0.2, 0.25) is 0 Å². The van der Waals surface area contributed by atoms with Crippen LogP contribution in [-0.4, -0.2) is 126 Å². The first kappa shape index (κ1) is 35.0. The highest BCUT2D eigenvalue weighted by Gasteiger charge is 2.15. The van der Waals surface area contributed by atoms with Crippen LogP contribution in [0, 0.1) is 0 Å². The summed E-state index contributed by atoms with van der Waals surface area (Å²) in [4.78, 5) is 27.2. The first-order valence-electron chi connectivity index (χ1n) is 10.9. The molecule has 0 N–H and O–H groups in total. The van der Waals surface area contributed by atoms with Gasteiger partial charge in [-0.1, -0.05) is 12.2 Å². The van der Waals surface area contributed by atoms with Crippen molar-refractivity contribution in [3.05, 3.63) is 47.9 Å². The number of carbonyl (C=O) groups excluding carboxylic acids is 2. The Morgan fingerprint density at radius 3 is 1.32 bits per heavy atom. The van der Waals surface area contributed by atoms with Crippen molar-refractivity contribution in [2.45, 2.75) is 0 Å². The van der Waals surface area contributed by atoms with Crippen LogP contribution in [0.5, 0.6) is 0 Å². The maximum atomic E-state index is 11.7. The predicted molar refractivity (Wildman–Crippen MR) is 127 cm³/mol. The van der Waals surface area contributed by atoms with Crippen molar-refractivity contribution in [3.8, 4) is 0 Å². The summed E-state index contributed by atoms with van der Waals surface area (Å²) in [6.07, 6.45) is 11.2. The molecule has 0 saturated heterocycles. The molecule has 2 aliphatic heterocycles. The minimum Gasteiger partial charge on any atom is -1.00 e. The van der Waals surface area contributed by atoms with E-state index in [0.717, 1.165) is 35.1 Å². The molecule has 2 rings (SSSR count). The molecule has 0 radical (unpaired) electrons. The molecule has 0 unspecified atom stereocenters. The summed E-state index contributed by atoms with van der Waals surface area (Å²) >= 11 is 0. The number of likely N-dealkylation sites (N-methyl/N-ethyl adjacent to an activating group) is 4. The lowest BCUT2D eigenvalue weighted by Crippen LogP contribution is -3.00. The van der Waals surface area contributed by atoms with Crippen LogP contribution in [0.4, 0.5) is 0 Å². The lowest BCUT2D eigenvalue weighted by molar-refractivity contribution is -0.870. The molecule has 34 heavy (non-hydrogen) atoms. The number of hydrogen-bond acceptors (Lipinski definition) is 6. The standard InChI is InChI=1S/2C12H21N2O2.2HI/c2*1-13-7-5-6-11(10-13)12(15)16-9-8-14(2,3)4;;/h2*5-6,10H,7-9H2,1-4H3;2*1H/q2*+1;;/p-2. The van der Waals surface area contributed by atoms with Crippen LogP contribution >= 0.6 is 0 Å². The Kier molecular flexibility index (Phi) is 17.0. The van der Waals surface area contributed by atoms with Gasteiger partial charge in [0, 0.05) is 39.6 Å². The lowest BCUT2D eigenvalue weighted by Gasteiger charge is -2.23. The average Bonchev–Trinajstić information content (AvgIpc) is 2.66. The fourth-order valence-electron chi connectivity index (χ4n) is 2.59. The first-order chi connectivity index (χ1) is 14.8. The number of carbonyl (C=O) groups is 2. The van der Waals surface area contributed by atoms with Gasteiger partial charge in [0.15, 0.2) is 0 Å². The fourth-order valence-corrected chi connectivity index (χ4v) is 2.59. The van der Waals surface area contributed by atoms with Gasteiger partial charge in [-0.3, -0.25) is 0 Å². The summed E-state index contributed by atoms with van der Waals surface area (Å²) < 4.78 is 12.0. The Bertz CT molecular complexity index is 702. The largest absolute Gasteiger partial charge is 1.00 e. The van der Waals surface area contributed by atoms with Gasteiger partial charge in [-0.05, 0) is 12.2 Å². The van der Waals surface area contributed by atoms with Crippen molar-refractivity contribution in [3.63, 3.8) is 0 Å². The third-order valence-electron chi connectivity index (χ3n) is 4.56. The molecular formula is C24H42I2N4O4. The third-order valence-corrected chi connectivity index (χ3v) is 4.56. The van der Waals surface area contributed by atoms with Crippen LogP contribution in [0.15, 0.2) is 47.9 Å². The topological polar surface area (TPSA) is 59.1 Å². The number of nitrogens with zero attached hydrogens (tertiary/aromatic N) is 4. The number of hydrogen-bond donors (Lipinski definition) is 0. The van der Waals surface area contributed by atoms with E-state index in [1.165, 1.54) is 0 Å². The molecule has 2 heterocycles. The quantitative estimate of drug-likeness (QED) is 0.144. The highest BCUT2D eigenvalue weighted by Crippen LogP contribution is 2.08. The summed E-state index contributed by atoms with van der Waals surface area (Å²) in [6, 6.07) is 0. The Morgan fingerprint density at radius 1 is 0.735 bits per heavy atom. The van der Waals surface area contributed by atoms with Crippen LogP contribution in [0.3, 0.4) is 0 Å². The van der Waals surface area contributed by atoms with E-state index in [-0.39, 0.29) is 59.9 Å². The minimum atomic E-state index is -0.240. The van der Waals surface area contributed by atoms with Crippen molar-refractivity contribution in [2.24, 2.45) is 0 Å². The summed E-state index contributed by atoms with van der Waals surface area (Å²) in [5, 5.41) is 0. The molecule has 0 bridgehead atoms. The fraction of sp³-hybridized carbons (Fsp3) is 0.583. The Labute approximate surface area is 240 Å². The SMILES string of the molecule is CN1C=C(C(=O)OCC[N+](C)(C)C)C=CC1.CN1C=C(C(=O)OCC[N+](C)(C)C)C=CC1.[I-].[I-]. The van der Waals surface area contributed by atoms with Crippen LogP contribution in [-0.2, 0) is 19.1 Å². The highest BCUT2D eigenvalue weighted by atomic mass is 127. The van der Waals surface area contributed by atoms with Crippen molar-refractivity contribution in [2.75, 3.05) is 95.8 Å². The maximum Gasteiger partial charge on any atom is 0.339 e. The molecule has 0 saturated carbocycles. The Balaban J connectivity index is 0. The van der Waals surface area contributed by atoms with Crippen LogP contribution in [0.25, 0.3) is 0 Å². The predicted octanol–water partition coefficient (Wildman–Crippen LogP) is -4.75. The molecule has 0 aromatic carbocycles. The molecule has 8 nitrogen and oxygen atoms in total. The van der Waals surface area contributed by atoms with Crippen LogP contribution < -0.4 is 48.0 Å². The van der Waals surface area contributed by atoms with E-state index in [2.05, 4.69) is 42.3 Å². The smallest absolute Gasteiger partial charge is 0.339 e. The molecule has 0 aliphatic carbocycles. The average molecular weight is 704 g/mol. The zero-order valence-corrected chi connectivity index (χ0v) is 26.2. The number of rotatable bonds is 8. The van der Waals surface area contributed by atoms with Crippen molar-refractivity contribution in [1.29, 1.82) is 0 Å². The van der Waals surface area contributed by atoms with Crippen LogP contribution in [0.1, 0.15) is 0 Å². The van der Waals surface area contributed by atoms with Crippen molar-refractivity contribution >= 4 is 11.9 Å². The summed E-state index contributed by atoms with van der Waals surface area (Å²) in [5.41, 5.74) is 1.24. The lowest BCUT2D eigenvalue weighted by atomic mass is 10.2. The number of quaternary nitrogens is 2. The van der Waals surface area contributed by atoms with Crippen LogP contribution in [0.2, 0.25) is 0 Å². The minimum absolute atomic E-state index is 0. The second kappa shape index (κ2) is 16.5. The molecule has 0 amide bonds. The van der Waals surface area contributed by atoms with E-state index < -0.39 is 0 Å². The molecule has 196 valence electrons. The van der Waals surface area contributed by atoms with Gasteiger partial charge < -0.3 is 76.2 Å². The number of esters is 2. The zero-order chi connectivity index (χ0) is 24.4. The van der Waals surface area contributed by atoms with Crippen molar-refractivity contribution in [1.82, 2.24) is 9.80 Å². The molecular weight excluding hydrogens is 662 g/mol. The zero-order valence-electron chi connectivity index (χ0n) is 21.9. The molecule has 10 heteroatoms. The second-order valence-corrected chi connectivity index (χ2v) is 10.2. The van der Waals surface area contributed by atoms with E-state index in [1.54, 1.807) is 0 Å². The van der Waals surface area contributed by atoms with Gasteiger partial charge in [-0.15, -0.1) is 0 Å². The number of halogens is 2. The Hall–Kier alpha value is -1.12. The Morgan fingerprint density at radius 2 is 1.06 bits per heavy atom. The van der Waals surface area contributed by atoms with E-state index >= 15 is 0 Å². The molecule has 0 spiro atoms. The van der Waals surface area contributed by atoms with E-state index in [0.29, 0.717) is 24.4 Å². The van der Waals surface area contributed by atoms with Gasteiger partial charge in [-0.2, -0.15) is 0 Å². The molecule has 0 aromatic rings. The highest BCUT2D eigenvalue weighted by molar-refractivity contribution is 5.92. The number of ether oxygens (including phenoxy) is 2. The van der Waals surface area contributed by atoms with Gasteiger partial charge in [0.05, 0.1) is 53.4 Å². The van der Waals surface area contributed by atoms with E-state index in [1.807, 2.05) is 60.6 Å². The van der Waals surface area contributed by atoms with Gasteiger partial charge in [-0.25, -0.2) is 9.59 Å². The normalized spacial score (nSPS) is 15.1. The monoisotopic (exact) mass is 704 g/mol. The van der Waals surface area contributed by atoms with Gasteiger partial charge in [0.25, 0.3) is 0 Å². The van der Waals surface area contributed by atoms with Crippen molar-refractivity contribution < 1.29 is 76.0 Å². The summed E-state index contributed by atoms with van der Waals surface area (Å²) in [6.45, 7) is 4.23.